The standard InChI is InChI=1S/C21H19ClN2O4S.K/c1-13-5-4-6-14(2)20(13)18-10-8-16(12-23-18)29(26,27)24-21(25)17-9-7-15(22)11-19(17)28-3;/h4-12H,1-3H3,(H,24,25);/q;+1/p-1. The summed E-state index contributed by atoms with van der Waals surface area (Å²) in [5.41, 5.74) is 3.65. The molecule has 3 rings (SSSR count). The molecule has 1 aromatic heterocycles. The van der Waals surface area contributed by atoms with Crippen LogP contribution in [0.1, 0.15) is 21.5 Å². The van der Waals surface area contributed by atoms with Crippen molar-refractivity contribution in [1.29, 1.82) is 0 Å². The van der Waals surface area contributed by atoms with Crippen molar-refractivity contribution < 1.29 is 69.3 Å². The van der Waals surface area contributed by atoms with Crippen molar-refractivity contribution in [1.82, 2.24) is 4.98 Å². The Balaban J connectivity index is 0.00000320. The number of hydrogen-bond donors (Lipinski definition) is 0. The Kier molecular flexibility index (Phi) is 8.64. The van der Waals surface area contributed by atoms with Crippen molar-refractivity contribution in [2.75, 3.05) is 7.11 Å². The van der Waals surface area contributed by atoms with E-state index in [0.717, 1.165) is 16.7 Å². The van der Waals surface area contributed by atoms with Crippen LogP contribution in [0.25, 0.3) is 16.0 Å². The third kappa shape index (κ3) is 5.50. The van der Waals surface area contributed by atoms with E-state index in [2.05, 4.69) is 9.71 Å². The zero-order chi connectivity index (χ0) is 21.2. The fourth-order valence-corrected chi connectivity index (χ4v) is 3.96. The van der Waals surface area contributed by atoms with Crippen LogP contribution in [0, 0.1) is 13.8 Å². The van der Waals surface area contributed by atoms with Gasteiger partial charge in [0.05, 0.1) is 23.6 Å². The minimum atomic E-state index is -4.24. The number of benzene rings is 2. The first-order chi connectivity index (χ1) is 13.7. The molecule has 9 heteroatoms. The van der Waals surface area contributed by atoms with Gasteiger partial charge in [-0.05, 0) is 55.3 Å². The van der Waals surface area contributed by atoms with E-state index in [4.69, 9.17) is 16.3 Å². The van der Waals surface area contributed by atoms with E-state index < -0.39 is 15.9 Å². The number of aryl methyl sites for hydroxylation is 2. The van der Waals surface area contributed by atoms with Gasteiger partial charge >= 0.3 is 51.4 Å². The third-order valence-electron chi connectivity index (χ3n) is 4.37. The van der Waals surface area contributed by atoms with E-state index in [1.165, 1.54) is 37.6 Å². The SMILES string of the molecule is COc1cc(Cl)ccc1C(=O)[N-]S(=O)(=O)c1ccc(-c2c(C)cccc2C)nc1.[K+]. The van der Waals surface area contributed by atoms with Crippen LogP contribution in [0.3, 0.4) is 0 Å². The topological polar surface area (TPSA) is 87.4 Å². The average molecular weight is 469 g/mol. The summed E-state index contributed by atoms with van der Waals surface area (Å²) in [7, 11) is -2.88. The number of rotatable bonds is 5. The number of ether oxygens (including phenoxy) is 1. The molecular formula is C21H18ClKN2O4S. The van der Waals surface area contributed by atoms with Gasteiger partial charge < -0.3 is 14.3 Å². The van der Waals surface area contributed by atoms with Gasteiger partial charge in [0.15, 0.2) is 0 Å². The van der Waals surface area contributed by atoms with Gasteiger partial charge in [0.25, 0.3) is 0 Å². The minimum absolute atomic E-state index is 0. The molecule has 0 aliphatic carbocycles. The second-order valence-electron chi connectivity index (χ2n) is 6.36. The van der Waals surface area contributed by atoms with Crippen LogP contribution in [0.5, 0.6) is 5.75 Å². The van der Waals surface area contributed by atoms with Gasteiger partial charge in [0.2, 0.25) is 0 Å². The molecule has 0 aliphatic rings. The van der Waals surface area contributed by atoms with Crippen LogP contribution in [0.15, 0.2) is 59.6 Å². The first-order valence-corrected chi connectivity index (χ1v) is 10.4. The quantitative estimate of drug-likeness (QED) is 0.534. The van der Waals surface area contributed by atoms with Crippen LogP contribution in [-0.2, 0) is 10.0 Å². The maximum atomic E-state index is 12.6. The van der Waals surface area contributed by atoms with E-state index in [0.29, 0.717) is 10.7 Å². The first kappa shape index (κ1) is 25.0. The molecule has 0 aliphatic heterocycles. The maximum Gasteiger partial charge on any atom is 1.00 e. The molecule has 0 saturated carbocycles. The number of hydrogen-bond acceptors (Lipinski definition) is 5. The van der Waals surface area contributed by atoms with E-state index in [1.54, 1.807) is 6.07 Å². The molecule has 6 nitrogen and oxygen atoms in total. The van der Waals surface area contributed by atoms with E-state index in [9.17, 15) is 13.2 Å². The summed E-state index contributed by atoms with van der Waals surface area (Å²) in [5.74, 6) is -0.803. The number of carbonyl (C=O) groups excluding carboxylic acids is 1. The van der Waals surface area contributed by atoms with Crippen LogP contribution in [0.2, 0.25) is 5.02 Å². The van der Waals surface area contributed by atoms with Crippen LogP contribution in [-0.4, -0.2) is 26.4 Å². The van der Waals surface area contributed by atoms with E-state index in [1.807, 2.05) is 32.0 Å². The van der Waals surface area contributed by atoms with Crippen molar-refractivity contribution in [2.24, 2.45) is 0 Å². The van der Waals surface area contributed by atoms with E-state index in [-0.39, 0.29) is 67.6 Å². The molecule has 1 amide bonds. The summed E-state index contributed by atoms with van der Waals surface area (Å²) >= 11 is 5.87. The molecule has 0 spiro atoms. The summed E-state index contributed by atoms with van der Waals surface area (Å²) in [6.07, 6.45) is 1.20. The largest absolute Gasteiger partial charge is 1.00 e. The van der Waals surface area contributed by atoms with Crippen molar-refractivity contribution in [2.45, 2.75) is 18.7 Å². The molecule has 0 bridgehead atoms. The molecule has 3 aromatic rings. The number of halogens is 1. The van der Waals surface area contributed by atoms with Gasteiger partial charge in [-0.2, -0.15) is 0 Å². The molecule has 2 aromatic carbocycles. The number of sulfonamides is 1. The maximum absolute atomic E-state index is 12.6. The fraction of sp³-hybridized carbons (Fsp3) is 0.143. The predicted octanol–water partition coefficient (Wildman–Crippen LogP) is 1.93. The number of aromatic nitrogens is 1. The number of nitrogens with zero attached hydrogens (tertiary/aromatic N) is 2. The molecular weight excluding hydrogens is 451 g/mol. The number of amides is 1. The summed E-state index contributed by atoms with van der Waals surface area (Å²) < 4.78 is 33.6. The summed E-state index contributed by atoms with van der Waals surface area (Å²) in [4.78, 5) is 16.5. The smallest absolute Gasteiger partial charge is 0.537 e. The molecule has 0 atom stereocenters. The Morgan fingerprint density at radius 3 is 2.30 bits per heavy atom. The third-order valence-corrected chi connectivity index (χ3v) is 5.85. The average Bonchev–Trinajstić information content (AvgIpc) is 2.67. The van der Waals surface area contributed by atoms with Crippen molar-refractivity contribution in [3.05, 3.63) is 81.2 Å². The Morgan fingerprint density at radius 2 is 1.73 bits per heavy atom. The second kappa shape index (κ2) is 10.4. The molecule has 0 saturated heterocycles. The predicted molar refractivity (Wildman–Crippen MR) is 112 cm³/mol. The van der Waals surface area contributed by atoms with E-state index >= 15 is 0 Å². The van der Waals surface area contributed by atoms with Crippen molar-refractivity contribution >= 4 is 27.5 Å². The van der Waals surface area contributed by atoms with Crippen molar-refractivity contribution in [3.63, 3.8) is 0 Å². The number of pyridine rings is 1. The Labute approximate surface area is 223 Å². The van der Waals surface area contributed by atoms with Crippen molar-refractivity contribution in [3.8, 4) is 17.0 Å². The monoisotopic (exact) mass is 468 g/mol. The number of methoxy groups -OCH3 is 1. The molecule has 0 fully saturated rings. The van der Waals surface area contributed by atoms with Crippen LogP contribution in [0.4, 0.5) is 0 Å². The number of carbonyl (C=O) groups is 1. The van der Waals surface area contributed by atoms with Gasteiger partial charge in [-0.15, -0.1) is 0 Å². The Hall–Kier alpha value is -1.26. The first-order valence-electron chi connectivity index (χ1n) is 8.61. The van der Waals surface area contributed by atoms with Crippen LogP contribution >= 0.6 is 11.6 Å². The van der Waals surface area contributed by atoms with Gasteiger partial charge in [0.1, 0.15) is 15.8 Å². The molecule has 1 heterocycles. The van der Waals surface area contributed by atoms with Gasteiger partial charge in [-0.1, -0.05) is 29.8 Å². The molecule has 0 N–H and O–H groups in total. The summed E-state index contributed by atoms with van der Waals surface area (Å²) in [6.45, 7) is 3.92. The normalized spacial score (nSPS) is 10.8. The second-order valence-corrected chi connectivity index (χ2v) is 8.40. The molecule has 0 radical (unpaired) electrons. The molecule has 150 valence electrons. The Bertz CT molecular complexity index is 1160. The summed E-state index contributed by atoms with van der Waals surface area (Å²) in [6, 6.07) is 13.1. The van der Waals surface area contributed by atoms with Gasteiger partial charge in [-0.3, -0.25) is 4.98 Å². The zero-order valence-electron chi connectivity index (χ0n) is 17.0. The molecule has 30 heavy (non-hydrogen) atoms. The molecule has 0 unspecified atom stereocenters. The van der Waals surface area contributed by atoms with Crippen LogP contribution < -0.4 is 56.1 Å². The zero-order valence-corrected chi connectivity index (χ0v) is 21.7. The van der Waals surface area contributed by atoms with Gasteiger partial charge in [0, 0.05) is 22.3 Å². The minimum Gasteiger partial charge on any atom is -0.537 e. The van der Waals surface area contributed by atoms with Gasteiger partial charge in [-0.25, -0.2) is 8.42 Å². The summed E-state index contributed by atoms with van der Waals surface area (Å²) in [5, 5.41) is 0.354. The Morgan fingerprint density at radius 1 is 1.07 bits per heavy atom. The fourth-order valence-electron chi connectivity index (χ4n) is 2.95.